The molecule has 5 nitrogen and oxygen atoms in total. The second kappa shape index (κ2) is 12.5. The van der Waals surface area contributed by atoms with Gasteiger partial charge in [-0.15, -0.1) is 0 Å². The number of halogens is 1. The number of nitrogens with one attached hydrogen (secondary N) is 2. The normalized spacial score (nSPS) is 13.2. The summed E-state index contributed by atoms with van der Waals surface area (Å²) in [6, 6.07) is 21.8. The van der Waals surface area contributed by atoms with E-state index in [2.05, 4.69) is 10.6 Å². The molecule has 37 heavy (non-hydrogen) atoms. The molecule has 0 unspecified atom stereocenters. The van der Waals surface area contributed by atoms with E-state index in [-0.39, 0.29) is 24.2 Å². The van der Waals surface area contributed by atoms with Gasteiger partial charge in [-0.3, -0.25) is 9.59 Å². The Morgan fingerprint density at radius 1 is 0.838 bits per heavy atom. The first kappa shape index (κ1) is 26.3. The van der Waals surface area contributed by atoms with Gasteiger partial charge in [-0.1, -0.05) is 48.0 Å². The molecule has 0 spiro atoms. The van der Waals surface area contributed by atoms with Gasteiger partial charge in [0, 0.05) is 36.3 Å². The van der Waals surface area contributed by atoms with Gasteiger partial charge in [0.05, 0.1) is 0 Å². The van der Waals surface area contributed by atoms with Crippen molar-refractivity contribution in [3.05, 3.63) is 112 Å². The van der Waals surface area contributed by atoms with Crippen molar-refractivity contribution in [2.45, 2.75) is 33.2 Å². The lowest BCUT2D eigenvalue weighted by Gasteiger charge is -2.22. The van der Waals surface area contributed by atoms with Crippen molar-refractivity contribution in [2.24, 2.45) is 0 Å². The summed E-state index contributed by atoms with van der Waals surface area (Å²) < 4.78 is 14.0. The number of rotatable bonds is 8. The van der Waals surface area contributed by atoms with Crippen LogP contribution in [0.4, 0.5) is 4.39 Å². The molecule has 4 rings (SSSR count). The topological polar surface area (TPSA) is 61.4 Å². The van der Waals surface area contributed by atoms with Gasteiger partial charge >= 0.3 is 0 Å². The number of benzene rings is 3. The first-order valence-corrected chi connectivity index (χ1v) is 13.0. The summed E-state index contributed by atoms with van der Waals surface area (Å²) in [5, 5.41) is 6.25. The maximum atomic E-state index is 14.0. The highest BCUT2D eigenvalue weighted by Gasteiger charge is 2.18. The van der Waals surface area contributed by atoms with E-state index in [1.54, 1.807) is 24.3 Å². The standard InChI is InChI=1S/C31H34FN3O2/c1-3-35(4-2)31(37)24-14-12-22(13-15-24)29(23-16-18-33-19-17-23)25-9-7-10-26(20-25)30(36)34-21-27-8-5-6-11-28(27)32/h5-15,20,33H,3-4,16-19,21H2,1-2H3,(H,34,36). The second-order valence-corrected chi connectivity index (χ2v) is 9.14. The van der Waals surface area contributed by atoms with Crippen LogP contribution in [-0.4, -0.2) is 42.9 Å². The Kier molecular flexibility index (Phi) is 8.86. The summed E-state index contributed by atoms with van der Waals surface area (Å²) in [5.41, 5.74) is 6.05. The fourth-order valence-electron chi connectivity index (χ4n) is 4.76. The largest absolute Gasteiger partial charge is 0.348 e. The Labute approximate surface area is 218 Å². The van der Waals surface area contributed by atoms with E-state index >= 15 is 0 Å². The third kappa shape index (κ3) is 6.33. The summed E-state index contributed by atoms with van der Waals surface area (Å²) in [6.45, 7) is 7.23. The minimum absolute atomic E-state index is 0.0288. The van der Waals surface area contributed by atoms with Crippen molar-refractivity contribution in [1.82, 2.24) is 15.5 Å². The lowest BCUT2D eigenvalue weighted by atomic mass is 9.87. The zero-order chi connectivity index (χ0) is 26.2. The highest BCUT2D eigenvalue weighted by atomic mass is 19.1. The first-order valence-electron chi connectivity index (χ1n) is 13.0. The van der Waals surface area contributed by atoms with Gasteiger partial charge < -0.3 is 15.5 Å². The molecule has 2 N–H and O–H groups in total. The number of amides is 2. The van der Waals surface area contributed by atoms with Crippen LogP contribution in [0, 0.1) is 5.82 Å². The van der Waals surface area contributed by atoms with Gasteiger partial charge in [-0.25, -0.2) is 4.39 Å². The fourth-order valence-corrected chi connectivity index (χ4v) is 4.76. The number of nitrogens with zero attached hydrogens (tertiary/aromatic N) is 1. The summed E-state index contributed by atoms with van der Waals surface area (Å²) in [6.07, 6.45) is 1.83. The Bertz CT molecular complexity index is 1270. The second-order valence-electron chi connectivity index (χ2n) is 9.14. The lowest BCUT2D eigenvalue weighted by molar-refractivity contribution is 0.0772. The number of carbonyl (C=O) groups is 2. The molecule has 1 fully saturated rings. The van der Waals surface area contributed by atoms with Gasteiger partial charge in [-0.2, -0.15) is 0 Å². The number of carbonyl (C=O) groups excluding carboxylic acids is 2. The molecule has 3 aromatic carbocycles. The lowest BCUT2D eigenvalue weighted by Crippen LogP contribution is -2.30. The molecular formula is C31H34FN3O2. The molecule has 6 heteroatoms. The van der Waals surface area contributed by atoms with Crippen LogP contribution in [0.3, 0.4) is 0 Å². The van der Waals surface area contributed by atoms with Gasteiger partial charge in [0.2, 0.25) is 0 Å². The van der Waals surface area contributed by atoms with Crippen LogP contribution in [-0.2, 0) is 6.54 Å². The Morgan fingerprint density at radius 2 is 1.49 bits per heavy atom. The van der Waals surface area contributed by atoms with E-state index in [0.29, 0.717) is 29.8 Å². The van der Waals surface area contributed by atoms with Crippen molar-refractivity contribution in [2.75, 3.05) is 26.2 Å². The van der Waals surface area contributed by atoms with E-state index in [0.717, 1.165) is 42.6 Å². The van der Waals surface area contributed by atoms with Crippen LogP contribution in [0.15, 0.2) is 78.4 Å². The maximum Gasteiger partial charge on any atom is 0.253 e. The van der Waals surface area contributed by atoms with Gasteiger partial charge in [0.15, 0.2) is 0 Å². The minimum atomic E-state index is -0.336. The Morgan fingerprint density at radius 3 is 2.16 bits per heavy atom. The quantitative estimate of drug-likeness (QED) is 0.435. The van der Waals surface area contributed by atoms with Crippen molar-refractivity contribution in [3.63, 3.8) is 0 Å². The molecule has 1 aliphatic rings. The van der Waals surface area contributed by atoms with Crippen LogP contribution in [0.1, 0.15) is 64.1 Å². The van der Waals surface area contributed by atoms with Gasteiger partial charge in [-0.05, 0) is 86.8 Å². The third-order valence-corrected chi connectivity index (χ3v) is 6.84. The predicted molar refractivity (Wildman–Crippen MR) is 146 cm³/mol. The molecule has 192 valence electrons. The third-order valence-electron chi connectivity index (χ3n) is 6.84. The minimum Gasteiger partial charge on any atom is -0.348 e. The summed E-state index contributed by atoms with van der Waals surface area (Å²) >= 11 is 0. The molecule has 0 bridgehead atoms. The molecule has 0 aliphatic carbocycles. The monoisotopic (exact) mass is 499 g/mol. The molecule has 1 heterocycles. The van der Waals surface area contributed by atoms with E-state index < -0.39 is 0 Å². The van der Waals surface area contributed by atoms with Crippen molar-refractivity contribution in [3.8, 4) is 0 Å². The first-order chi connectivity index (χ1) is 18.0. The molecule has 1 saturated heterocycles. The zero-order valence-electron chi connectivity index (χ0n) is 21.5. The van der Waals surface area contributed by atoms with Crippen LogP contribution in [0.25, 0.3) is 5.57 Å². The summed E-state index contributed by atoms with van der Waals surface area (Å²) in [4.78, 5) is 27.6. The summed E-state index contributed by atoms with van der Waals surface area (Å²) in [7, 11) is 0. The number of hydrogen-bond acceptors (Lipinski definition) is 3. The van der Waals surface area contributed by atoms with E-state index in [9.17, 15) is 14.0 Å². The van der Waals surface area contributed by atoms with E-state index in [1.165, 1.54) is 11.6 Å². The number of hydrogen-bond donors (Lipinski definition) is 2. The average molecular weight is 500 g/mol. The van der Waals surface area contributed by atoms with Crippen LogP contribution in [0.5, 0.6) is 0 Å². The molecule has 0 aromatic heterocycles. The Balaban J connectivity index is 1.63. The smallest absolute Gasteiger partial charge is 0.253 e. The number of piperidine rings is 1. The van der Waals surface area contributed by atoms with E-state index in [1.807, 2.05) is 61.2 Å². The molecule has 1 aliphatic heterocycles. The van der Waals surface area contributed by atoms with Crippen LogP contribution >= 0.6 is 0 Å². The summed E-state index contributed by atoms with van der Waals surface area (Å²) in [5.74, 6) is -0.557. The Hall–Kier alpha value is -3.77. The molecule has 0 radical (unpaired) electrons. The van der Waals surface area contributed by atoms with Crippen molar-refractivity contribution < 1.29 is 14.0 Å². The van der Waals surface area contributed by atoms with Crippen molar-refractivity contribution >= 4 is 17.4 Å². The molecule has 2 amide bonds. The highest BCUT2D eigenvalue weighted by Crippen LogP contribution is 2.32. The van der Waals surface area contributed by atoms with Gasteiger partial charge in [0.25, 0.3) is 11.8 Å². The van der Waals surface area contributed by atoms with E-state index in [4.69, 9.17) is 0 Å². The molecule has 0 saturated carbocycles. The molecule has 3 aromatic rings. The van der Waals surface area contributed by atoms with Crippen LogP contribution < -0.4 is 10.6 Å². The fraction of sp³-hybridized carbons (Fsp3) is 0.290. The average Bonchev–Trinajstić information content (AvgIpc) is 2.94. The zero-order valence-corrected chi connectivity index (χ0v) is 21.5. The molecule has 0 atom stereocenters. The van der Waals surface area contributed by atoms with Crippen molar-refractivity contribution in [1.29, 1.82) is 0 Å². The van der Waals surface area contributed by atoms with Crippen LogP contribution in [0.2, 0.25) is 0 Å². The predicted octanol–water partition coefficient (Wildman–Crippen LogP) is 5.42. The SMILES string of the molecule is CCN(CC)C(=O)c1ccc(C(=C2CCNCC2)c2cccc(C(=O)NCc3ccccc3F)c2)cc1. The highest BCUT2D eigenvalue weighted by molar-refractivity contribution is 5.97. The van der Waals surface area contributed by atoms with Gasteiger partial charge in [0.1, 0.15) is 5.82 Å². The molecular weight excluding hydrogens is 465 g/mol. The maximum absolute atomic E-state index is 14.0.